The fourth-order valence-electron chi connectivity index (χ4n) is 1.58. The SMILES string of the molecule is COC(C)(C)CC(N)Cc1ccc(Br)cn1. The van der Waals surface area contributed by atoms with Gasteiger partial charge in [0.1, 0.15) is 0 Å². The van der Waals surface area contributed by atoms with Gasteiger partial charge in [0, 0.05) is 35.9 Å². The van der Waals surface area contributed by atoms with Gasteiger partial charge in [-0.15, -0.1) is 0 Å². The second kappa shape index (κ2) is 5.75. The molecule has 2 N–H and O–H groups in total. The van der Waals surface area contributed by atoms with Crippen LogP contribution in [0.5, 0.6) is 0 Å². The zero-order valence-electron chi connectivity index (χ0n) is 10.0. The highest BCUT2D eigenvalue weighted by atomic mass is 79.9. The highest BCUT2D eigenvalue weighted by Gasteiger charge is 2.20. The van der Waals surface area contributed by atoms with Crippen molar-refractivity contribution in [1.82, 2.24) is 4.98 Å². The lowest BCUT2D eigenvalue weighted by Gasteiger charge is -2.26. The van der Waals surface area contributed by atoms with Gasteiger partial charge in [-0.2, -0.15) is 0 Å². The Labute approximate surface area is 106 Å². The van der Waals surface area contributed by atoms with Gasteiger partial charge in [-0.1, -0.05) is 0 Å². The van der Waals surface area contributed by atoms with Crippen molar-refractivity contribution >= 4 is 15.9 Å². The van der Waals surface area contributed by atoms with Gasteiger partial charge in [-0.3, -0.25) is 4.98 Å². The summed E-state index contributed by atoms with van der Waals surface area (Å²) in [5.74, 6) is 0. The number of rotatable bonds is 5. The van der Waals surface area contributed by atoms with Crippen molar-refractivity contribution in [1.29, 1.82) is 0 Å². The molecule has 16 heavy (non-hydrogen) atoms. The predicted molar refractivity (Wildman–Crippen MR) is 69.3 cm³/mol. The summed E-state index contributed by atoms with van der Waals surface area (Å²) in [6.07, 6.45) is 3.39. The smallest absolute Gasteiger partial charge is 0.0637 e. The molecule has 0 amide bonds. The Morgan fingerprint density at radius 1 is 1.50 bits per heavy atom. The first kappa shape index (κ1) is 13.6. The summed E-state index contributed by atoms with van der Waals surface area (Å²) in [6.45, 7) is 4.09. The lowest BCUT2D eigenvalue weighted by atomic mass is 9.96. The molecule has 3 nitrogen and oxygen atoms in total. The molecule has 1 unspecified atom stereocenters. The predicted octanol–water partition coefficient (Wildman–Crippen LogP) is 2.53. The van der Waals surface area contributed by atoms with Gasteiger partial charge in [0.25, 0.3) is 0 Å². The molecule has 0 radical (unpaired) electrons. The molecule has 0 aliphatic carbocycles. The quantitative estimate of drug-likeness (QED) is 0.905. The molecule has 4 heteroatoms. The minimum Gasteiger partial charge on any atom is -0.379 e. The molecule has 0 fully saturated rings. The molecule has 1 aromatic heterocycles. The molecule has 1 rings (SSSR count). The van der Waals surface area contributed by atoms with Crippen molar-refractivity contribution in [3.8, 4) is 0 Å². The highest BCUT2D eigenvalue weighted by Crippen LogP contribution is 2.17. The summed E-state index contributed by atoms with van der Waals surface area (Å²) in [5, 5.41) is 0. The monoisotopic (exact) mass is 286 g/mol. The van der Waals surface area contributed by atoms with Crippen molar-refractivity contribution in [3.05, 3.63) is 28.5 Å². The Kier molecular flexibility index (Phi) is 4.89. The topological polar surface area (TPSA) is 48.1 Å². The summed E-state index contributed by atoms with van der Waals surface area (Å²) in [6, 6.07) is 4.05. The molecule has 1 atom stereocenters. The van der Waals surface area contributed by atoms with Crippen LogP contribution in [-0.2, 0) is 11.2 Å². The molecule has 0 aliphatic rings. The highest BCUT2D eigenvalue weighted by molar-refractivity contribution is 9.10. The van der Waals surface area contributed by atoms with Gasteiger partial charge in [-0.05, 0) is 48.3 Å². The number of ether oxygens (including phenoxy) is 1. The van der Waals surface area contributed by atoms with E-state index in [-0.39, 0.29) is 11.6 Å². The minimum atomic E-state index is -0.172. The van der Waals surface area contributed by atoms with Gasteiger partial charge in [-0.25, -0.2) is 0 Å². The number of aromatic nitrogens is 1. The standard InChI is InChI=1S/C12H19BrN2O/c1-12(2,16-3)7-10(14)6-11-5-4-9(13)8-15-11/h4-5,8,10H,6-7,14H2,1-3H3. The Balaban J connectivity index is 2.51. The first-order chi connectivity index (χ1) is 7.43. The molecule has 0 saturated heterocycles. The van der Waals surface area contributed by atoms with Crippen LogP contribution in [0.4, 0.5) is 0 Å². The molecule has 0 saturated carbocycles. The lowest BCUT2D eigenvalue weighted by molar-refractivity contribution is 0.0101. The summed E-state index contributed by atoms with van der Waals surface area (Å²) in [5.41, 5.74) is 6.92. The van der Waals surface area contributed by atoms with Crippen LogP contribution in [-0.4, -0.2) is 23.7 Å². The van der Waals surface area contributed by atoms with Gasteiger partial charge in [0.15, 0.2) is 0 Å². The van der Waals surface area contributed by atoms with Crippen molar-refractivity contribution in [3.63, 3.8) is 0 Å². The van der Waals surface area contributed by atoms with Gasteiger partial charge >= 0.3 is 0 Å². The minimum absolute atomic E-state index is 0.0728. The Hall–Kier alpha value is -0.450. The van der Waals surface area contributed by atoms with Crippen molar-refractivity contribution in [2.24, 2.45) is 5.73 Å². The van der Waals surface area contributed by atoms with Crippen LogP contribution < -0.4 is 5.73 Å². The first-order valence-corrected chi connectivity index (χ1v) is 6.13. The van der Waals surface area contributed by atoms with Crippen LogP contribution in [0.25, 0.3) is 0 Å². The first-order valence-electron chi connectivity index (χ1n) is 5.34. The zero-order chi connectivity index (χ0) is 12.2. The number of nitrogens with zero attached hydrogens (tertiary/aromatic N) is 1. The van der Waals surface area contributed by atoms with E-state index in [0.717, 1.165) is 23.0 Å². The van der Waals surface area contributed by atoms with E-state index < -0.39 is 0 Å². The Bertz CT molecular complexity index is 324. The van der Waals surface area contributed by atoms with E-state index >= 15 is 0 Å². The molecule has 1 heterocycles. The van der Waals surface area contributed by atoms with Gasteiger partial charge in [0.05, 0.1) is 5.60 Å². The average molecular weight is 287 g/mol. The van der Waals surface area contributed by atoms with E-state index in [1.54, 1.807) is 13.3 Å². The van der Waals surface area contributed by atoms with E-state index in [2.05, 4.69) is 20.9 Å². The molecular weight excluding hydrogens is 268 g/mol. The van der Waals surface area contributed by atoms with Gasteiger partial charge in [0.2, 0.25) is 0 Å². The molecule has 0 bridgehead atoms. The van der Waals surface area contributed by atoms with Gasteiger partial charge < -0.3 is 10.5 Å². The third-order valence-corrected chi connectivity index (χ3v) is 3.04. The summed E-state index contributed by atoms with van der Waals surface area (Å²) in [4.78, 5) is 4.31. The second-order valence-corrected chi connectivity index (χ2v) is 5.52. The largest absolute Gasteiger partial charge is 0.379 e. The summed E-state index contributed by atoms with van der Waals surface area (Å²) < 4.78 is 6.35. The number of halogens is 1. The maximum Gasteiger partial charge on any atom is 0.0637 e. The maximum atomic E-state index is 6.07. The number of methoxy groups -OCH3 is 1. The van der Waals surface area contributed by atoms with Crippen LogP contribution in [0.1, 0.15) is 26.0 Å². The molecular formula is C12H19BrN2O. The fraction of sp³-hybridized carbons (Fsp3) is 0.583. The van der Waals surface area contributed by atoms with Crippen LogP contribution in [0, 0.1) is 0 Å². The Morgan fingerprint density at radius 2 is 2.19 bits per heavy atom. The van der Waals surface area contributed by atoms with Crippen molar-refractivity contribution < 1.29 is 4.74 Å². The zero-order valence-corrected chi connectivity index (χ0v) is 11.6. The normalized spacial score (nSPS) is 13.8. The Morgan fingerprint density at radius 3 is 2.69 bits per heavy atom. The third-order valence-electron chi connectivity index (χ3n) is 2.57. The molecule has 90 valence electrons. The third kappa shape index (κ3) is 4.60. The molecule has 1 aromatic rings. The summed E-state index contributed by atoms with van der Waals surface area (Å²) >= 11 is 3.36. The van der Waals surface area contributed by atoms with E-state index in [1.165, 1.54) is 0 Å². The average Bonchev–Trinajstić information content (AvgIpc) is 2.21. The molecule has 0 aromatic carbocycles. The number of hydrogen-bond donors (Lipinski definition) is 1. The maximum absolute atomic E-state index is 6.07. The lowest BCUT2D eigenvalue weighted by Crippen LogP contribution is -2.35. The van der Waals surface area contributed by atoms with Crippen LogP contribution in [0.15, 0.2) is 22.8 Å². The van der Waals surface area contributed by atoms with Crippen LogP contribution in [0.2, 0.25) is 0 Å². The van der Waals surface area contributed by atoms with Crippen LogP contribution >= 0.6 is 15.9 Å². The number of pyridine rings is 1. The molecule has 0 aliphatic heterocycles. The fourth-order valence-corrected chi connectivity index (χ4v) is 1.82. The van der Waals surface area contributed by atoms with E-state index in [9.17, 15) is 0 Å². The number of hydrogen-bond acceptors (Lipinski definition) is 3. The van der Waals surface area contributed by atoms with Crippen molar-refractivity contribution in [2.45, 2.75) is 38.3 Å². The summed E-state index contributed by atoms with van der Waals surface area (Å²) in [7, 11) is 1.71. The van der Waals surface area contributed by atoms with E-state index in [4.69, 9.17) is 10.5 Å². The molecule has 0 spiro atoms. The van der Waals surface area contributed by atoms with Crippen molar-refractivity contribution in [2.75, 3.05) is 7.11 Å². The van der Waals surface area contributed by atoms with Crippen LogP contribution in [0.3, 0.4) is 0 Å². The second-order valence-electron chi connectivity index (χ2n) is 4.60. The van der Waals surface area contributed by atoms with E-state index in [1.807, 2.05) is 26.0 Å². The number of nitrogens with two attached hydrogens (primary N) is 1. The van der Waals surface area contributed by atoms with E-state index in [0.29, 0.717) is 0 Å².